The van der Waals surface area contributed by atoms with Crippen molar-refractivity contribution in [1.29, 1.82) is 0 Å². The number of nitro groups is 1. The molecule has 1 heterocycles. The van der Waals surface area contributed by atoms with Crippen LogP contribution >= 0.6 is 15.9 Å². The van der Waals surface area contributed by atoms with Gasteiger partial charge in [-0.1, -0.05) is 52.3 Å². The van der Waals surface area contributed by atoms with E-state index in [1.807, 2.05) is 48.5 Å². The van der Waals surface area contributed by atoms with Gasteiger partial charge in [-0.3, -0.25) is 10.1 Å². The zero-order valence-corrected chi connectivity index (χ0v) is 16.8. The Kier molecular flexibility index (Phi) is 4.18. The lowest BCUT2D eigenvalue weighted by atomic mass is 10.0. The van der Waals surface area contributed by atoms with Crippen LogP contribution in [0.4, 0.5) is 5.69 Å². The van der Waals surface area contributed by atoms with E-state index in [4.69, 9.17) is 0 Å². The summed E-state index contributed by atoms with van der Waals surface area (Å²) < 4.78 is 3.22. The van der Waals surface area contributed by atoms with Gasteiger partial charge in [0.2, 0.25) is 0 Å². The number of benzene rings is 4. The van der Waals surface area contributed by atoms with Crippen LogP contribution in [0.5, 0.6) is 0 Å². The smallest absolute Gasteiger partial charge is 0.277 e. The highest BCUT2D eigenvalue weighted by Crippen LogP contribution is 2.37. The molecule has 0 spiro atoms. The molecule has 0 saturated carbocycles. The van der Waals surface area contributed by atoms with E-state index in [0.29, 0.717) is 5.56 Å². The maximum Gasteiger partial charge on any atom is 0.277 e. The molecule has 0 amide bonds. The molecule has 4 nitrogen and oxygen atoms in total. The zero-order valence-electron chi connectivity index (χ0n) is 15.2. The van der Waals surface area contributed by atoms with E-state index in [2.05, 4.69) is 44.8 Å². The second-order valence-corrected chi connectivity index (χ2v) is 7.75. The molecule has 5 rings (SSSR count). The van der Waals surface area contributed by atoms with Crippen LogP contribution < -0.4 is 0 Å². The van der Waals surface area contributed by atoms with E-state index in [9.17, 15) is 10.1 Å². The predicted molar refractivity (Wildman–Crippen MR) is 121 cm³/mol. The van der Waals surface area contributed by atoms with Gasteiger partial charge < -0.3 is 4.57 Å². The fourth-order valence-corrected chi connectivity index (χ4v) is 4.26. The summed E-state index contributed by atoms with van der Waals surface area (Å²) in [4.78, 5) is 11.2. The molecule has 0 saturated heterocycles. The van der Waals surface area contributed by atoms with Crippen LogP contribution in [0.25, 0.3) is 38.6 Å². The first-order valence-electron chi connectivity index (χ1n) is 9.16. The molecule has 0 aliphatic rings. The van der Waals surface area contributed by atoms with Gasteiger partial charge in [-0.25, -0.2) is 0 Å². The quantitative estimate of drug-likeness (QED) is 0.220. The third-order valence-electron chi connectivity index (χ3n) is 5.15. The number of fused-ring (bicyclic) bond motifs is 3. The summed E-state index contributed by atoms with van der Waals surface area (Å²) in [6.07, 6.45) is 0. The predicted octanol–water partition coefficient (Wildman–Crippen LogP) is 7.12. The van der Waals surface area contributed by atoms with Crippen LogP contribution in [0, 0.1) is 10.1 Å². The van der Waals surface area contributed by atoms with Crippen molar-refractivity contribution in [2.75, 3.05) is 0 Å². The molecule has 0 bridgehead atoms. The average Bonchev–Trinajstić information content (AvgIpc) is 3.07. The summed E-state index contributed by atoms with van der Waals surface area (Å²) in [6.45, 7) is 0. The van der Waals surface area contributed by atoms with Crippen molar-refractivity contribution < 1.29 is 4.92 Å². The molecular weight excluding hydrogens is 428 g/mol. The zero-order chi connectivity index (χ0) is 20.0. The fourth-order valence-electron chi connectivity index (χ4n) is 3.90. The van der Waals surface area contributed by atoms with Gasteiger partial charge in [0.05, 0.1) is 21.5 Å². The summed E-state index contributed by atoms with van der Waals surface area (Å²) in [5.41, 5.74) is 4.79. The molecule has 1 aromatic heterocycles. The Balaban J connectivity index is 1.85. The normalized spacial score (nSPS) is 11.2. The lowest BCUT2D eigenvalue weighted by molar-refractivity contribution is -0.384. The van der Waals surface area contributed by atoms with Crippen molar-refractivity contribution >= 4 is 43.4 Å². The van der Waals surface area contributed by atoms with Crippen molar-refractivity contribution in [3.8, 4) is 16.8 Å². The van der Waals surface area contributed by atoms with Crippen molar-refractivity contribution in [2.24, 2.45) is 0 Å². The number of para-hydroxylation sites is 2. The molecule has 0 aliphatic carbocycles. The second-order valence-electron chi connectivity index (χ2n) is 6.84. The Morgan fingerprint density at radius 2 is 1.41 bits per heavy atom. The van der Waals surface area contributed by atoms with E-state index >= 15 is 0 Å². The Labute approximate surface area is 175 Å². The maximum absolute atomic E-state index is 11.5. The first-order chi connectivity index (χ1) is 14.1. The minimum absolute atomic E-state index is 0.111. The number of hydrogen-bond acceptors (Lipinski definition) is 2. The van der Waals surface area contributed by atoms with Crippen LogP contribution in [0.15, 0.2) is 95.5 Å². The van der Waals surface area contributed by atoms with E-state index in [1.54, 1.807) is 18.2 Å². The van der Waals surface area contributed by atoms with Crippen molar-refractivity contribution in [3.05, 3.63) is 106 Å². The van der Waals surface area contributed by atoms with Gasteiger partial charge in [-0.15, -0.1) is 0 Å². The number of nitro benzene ring substituents is 1. The highest BCUT2D eigenvalue weighted by atomic mass is 79.9. The van der Waals surface area contributed by atoms with E-state index in [1.165, 1.54) is 0 Å². The Bertz CT molecular complexity index is 1390. The summed E-state index contributed by atoms with van der Waals surface area (Å²) in [5.74, 6) is 0. The number of nitrogens with zero attached hydrogens (tertiary/aromatic N) is 2. The van der Waals surface area contributed by atoms with E-state index in [0.717, 1.165) is 37.5 Å². The van der Waals surface area contributed by atoms with Gasteiger partial charge in [0, 0.05) is 27.0 Å². The molecule has 0 unspecified atom stereocenters. The van der Waals surface area contributed by atoms with Crippen LogP contribution in [0.3, 0.4) is 0 Å². The standard InChI is InChI=1S/C24H15BrN2O2/c25-17-11-13-23-21(15-17)20-14-16(19-8-4-5-9-24(19)27(28)29)10-12-22(20)26(23)18-6-2-1-3-7-18/h1-15H. The van der Waals surface area contributed by atoms with Crippen LogP contribution in [-0.2, 0) is 0 Å². The van der Waals surface area contributed by atoms with Gasteiger partial charge in [0.1, 0.15) is 0 Å². The third kappa shape index (κ3) is 2.91. The molecule has 0 aliphatic heterocycles. The SMILES string of the molecule is O=[N+]([O-])c1ccccc1-c1ccc2c(c1)c1cc(Br)ccc1n2-c1ccccc1. The Morgan fingerprint density at radius 3 is 2.17 bits per heavy atom. The first-order valence-corrected chi connectivity index (χ1v) is 9.96. The summed E-state index contributed by atoms with van der Waals surface area (Å²) in [7, 11) is 0. The molecule has 5 heteroatoms. The molecular formula is C24H15BrN2O2. The molecule has 140 valence electrons. The lowest BCUT2D eigenvalue weighted by Gasteiger charge is -2.08. The largest absolute Gasteiger partial charge is 0.309 e. The van der Waals surface area contributed by atoms with Crippen LogP contribution in [-0.4, -0.2) is 9.49 Å². The minimum Gasteiger partial charge on any atom is -0.309 e. The monoisotopic (exact) mass is 442 g/mol. The van der Waals surface area contributed by atoms with Crippen LogP contribution in [0.2, 0.25) is 0 Å². The maximum atomic E-state index is 11.5. The van der Waals surface area contributed by atoms with Gasteiger partial charge in [0.15, 0.2) is 0 Å². The van der Waals surface area contributed by atoms with Crippen molar-refractivity contribution in [2.45, 2.75) is 0 Å². The number of rotatable bonds is 3. The molecule has 4 aromatic carbocycles. The second kappa shape index (κ2) is 6.87. The molecule has 0 radical (unpaired) electrons. The fraction of sp³-hybridized carbons (Fsp3) is 0. The highest BCUT2D eigenvalue weighted by Gasteiger charge is 2.17. The average molecular weight is 443 g/mol. The minimum atomic E-state index is -0.330. The molecule has 5 aromatic rings. The van der Waals surface area contributed by atoms with Gasteiger partial charge in [-0.2, -0.15) is 0 Å². The topological polar surface area (TPSA) is 48.1 Å². The van der Waals surface area contributed by atoms with Gasteiger partial charge in [0.25, 0.3) is 5.69 Å². The van der Waals surface area contributed by atoms with E-state index in [-0.39, 0.29) is 10.6 Å². The van der Waals surface area contributed by atoms with Gasteiger partial charge >= 0.3 is 0 Å². The lowest BCUT2D eigenvalue weighted by Crippen LogP contribution is -1.93. The Hall–Kier alpha value is -3.44. The van der Waals surface area contributed by atoms with E-state index < -0.39 is 0 Å². The molecule has 0 fully saturated rings. The summed E-state index contributed by atoms with van der Waals surface area (Å²) in [6, 6.07) is 29.3. The summed E-state index contributed by atoms with van der Waals surface area (Å²) >= 11 is 3.58. The number of aromatic nitrogens is 1. The highest BCUT2D eigenvalue weighted by molar-refractivity contribution is 9.10. The van der Waals surface area contributed by atoms with Crippen LogP contribution in [0.1, 0.15) is 0 Å². The number of hydrogen-bond donors (Lipinski definition) is 0. The molecule has 29 heavy (non-hydrogen) atoms. The molecule has 0 N–H and O–H groups in total. The van der Waals surface area contributed by atoms with Crippen molar-refractivity contribution in [1.82, 2.24) is 4.57 Å². The van der Waals surface area contributed by atoms with Crippen molar-refractivity contribution in [3.63, 3.8) is 0 Å². The number of halogens is 1. The van der Waals surface area contributed by atoms with Gasteiger partial charge in [-0.05, 0) is 54.1 Å². The molecule has 0 atom stereocenters. The first kappa shape index (κ1) is 17.6. The third-order valence-corrected chi connectivity index (χ3v) is 5.65. The summed E-state index contributed by atoms with van der Waals surface area (Å²) in [5, 5.41) is 13.7. The Morgan fingerprint density at radius 1 is 0.759 bits per heavy atom.